The number of hydrogen-bond donors (Lipinski definition) is 2. The van der Waals surface area contributed by atoms with E-state index in [0.717, 1.165) is 34.8 Å². The summed E-state index contributed by atoms with van der Waals surface area (Å²) < 4.78 is 0. The van der Waals surface area contributed by atoms with Crippen LogP contribution in [0.2, 0.25) is 0 Å². The van der Waals surface area contributed by atoms with E-state index >= 15 is 0 Å². The van der Waals surface area contributed by atoms with Crippen LogP contribution in [-0.4, -0.2) is 23.1 Å². The second-order valence-corrected chi connectivity index (χ2v) is 11.2. The first-order valence-corrected chi connectivity index (χ1v) is 13.2. The van der Waals surface area contributed by atoms with Crippen molar-refractivity contribution in [2.75, 3.05) is 17.3 Å². The van der Waals surface area contributed by atoms with Gasteiger partial charge in [-0.25, -0.2) is 9.78 Å². The first kappa shape index (κ1) is 24.4. The van der Waals surface area contributed by atoms with Gasteiger partial charge in [-0.1, -0.05) is 32.4 Å². The highest BCUT2D eigenvalue weighted by Gasteiger charge is 2.42. The van der Waals surface area contributed by atoms with Gasteiger partial charge in [0.15, 0.2) is 0 Å². The summed E-state index contributed by atoms with van der Waals surface area (Å²) in [5, 5.41) is 13.0. The zero-order valence-electron chi connectivity index (χ0n) is 21.6. The van der Waals surface area contributed by atoms with Crippen LogP contribution in [0.5, 0.6) is 0 Å². The standard InChI is InChI=1S/C31H37N3O2/c1-4-21-16-22-18-23(17-21)20-31(2,19-22)24-7-9-25(10-8-24)33-26-11-13-27(14-12-26)34(3)29-28(30(35)36)6-5-15-32-29/h5-15,21-23,33H,4,16-20H2,1-3H3,(H,35,36). The fourth-order valence-electron chi connectivity index (χ4n) is 6.81. The summed E-state index contributed by atoms with van der Waals surface area (Å²) in [6.07, 6.45) is 9.88. The number of aromatic nitrogens is 1. The summed E-state index contributed by atoms with van der Waals surface area (Å²) in [5.41, 5.74) is 4.88. The number of aromatic carboxylic acids is 1. The highest BCUT2D eigenvalue weighted by Crippen LogP contribution is 2.52. The Morgan fingerprint density at radius 2 is 1.61 bits per heavy atom. The lowest BCUT2D eigenvalue weighted by Gasteiger charge is -2.48. The molecule has 2 saturated carbocycles. The molecule has 1 heterocycles. The molecule has 0 aliphatic heterocycles. The smallest absolute Gasteiger partial charge is 0.339 e. The van der Waals surface area contributed by atoms with Crippen LogP contribution in [0.25, 0.3) is 0 Å². The van der Waals surface area contributed by atoms with E-state index in [2.05, 4.69) is 48.4 Å². The van der Waals surface area contributed by atoms with Crippen molar-refractivity contribution in [3.8, 4) is 0 Å². The van der Waals surface area contributed by atoms with Crippen molar-refractivity contribution in [3.63, 3.8) is 0 Å². The van der Waals surface area contributed by atoms with Crippen molar-refractivity contribution in [2.45, 2.75) is 57.8 Å². The Morgan fingerprint density at radius 1 is 1.00 bits per heavy atom. The summed E-state index contributed by atoms with van der Waals surface area (Å²) in [6.45, 7) is 4.84. The van der Waals surface area contributed by atoms with Gasteiger partial charge in [0.2, 0.25) is 0 Å². The summed E-state index contributed by atoms with van der Waals surface area (Å²) >= 11 is 0. The highest BCUT2D eigenvalue weighted by atomic mass is 16.4. The molecule has 2 unspecified atom stereocenters. The number of pyridine rings is 1. The monoisotopic (exact) mass is 483 g/mol. The number of carbonyl (C=O) groups is 1. The Balaban J connectivity index is 1.25. The number of carboxylic acid groups (broad SMARTS) is 1. The van der Waals surface area contributed by atoms with E-state index in [-0.39, 0.29) is 11.0 Å². The average Bonchev–Trinajstić information content (AvgIpc) is 2.88. The maximum absolute atomic E-state index is 11.6. The molecule has 2 aliphatic rings. The number of fused-ring (bicyclic) bond motifs is 2. The molecule has 36 heavy (non-hydrogen) atoms. The van der Waals surface area contributed by atoms with Gasteiger partial charge in [-0.05, 0) is 109 Å². The molecule has 0 spiro atoms. The normalized spacial score (nSPS) is 25.2. The van der Waals surface area contributed by atoms with Crippen LogP contribution in [-0.2, 0) is 5.41 Å². The summed E-state index contributed by atoms with van der Waals surface area (Å²) in [4.78, 5) is 17.6. The minimum Gasteiger partial charge on any atom is -0.478 e. The topological polar surface area (TPSA) is 65.5 Å². The summed E-state index contributed by atoms with van der Waals surface area (Å²) in [7, 11) is 1.83. The summed E-state index contributed by atoms with van der Waals surface area (Å²) in [6, 6.07) is 20.2. The van der Waals surface area contributed by atoms with E-state index in [0.29, 0.717) is 5.82 Å². The molecule has 2 aliphatic carbocycles. The number of hydrogen-bond acceptors (Lipinski definition) is 4. The van der Waals surface area contributed by atoms with Crippen molar-refractivity contribution >= 4 is 28.8 Å². The van der Waals surface area contributed by atoms with Gasteiger partial charge in [-0.3, -0.25) is 0 Å². The molecular formula is C31H37N3O2. The minimum absolute atomic E-state index is 0.183. The Morgan fingerprint density at radius 3 is 2.19 bits per heavy atom. The predicted octanol–water partition coefficient (Wildman–Crippen LogP) is 7.79. The van der Waals surface area contributed by atoms with Crippen LogP contribution in [0.3, 0.4) is 0 Å². The quantitative estimate of drug-likeness (QED) is 0.359. The van der Waals surface area contributed by atoms with Gasteiger partial charge >= 0.3 is 5.97 Å². The molecule has 5 rings (SSSR count). The maximum atomic E-state index is 11.6. The minimum atomic E-state index is -0.984. The third-order valence-corrected chi connectivity index (χ3v) is 8.52. The van der Waals surface area contributed by atoms with Crippen LogP contribution < -0.4 is 10.2 Å². The molecule has 5 heteroatoms. The number of anilines is 4. The van der Waals surface area contributed by atoms with Crippen LogP contribution in [0.15, 0.2) is 66.9 Å². The van der Waals surface area contributed by atoms with Crippen molar-refractivity contribution in [1.82, 2.24) is 4.98 Å². The maximum Gasteiger partial charge on any atom is 0.339 e. The number of carboxylic acids is 1. The Bertz CT molecular complexity index is 1190. The van der Waals surface area contributed by atoms with Gasteiger partial charge in [-0.15, -0.1) is 0 Å². The highest BCUT2D eigenvalue weighted by molar-refractivity contribution is 5.94. The molecule has 1 aromatic heterocycles. The second kappa shape index (κ2) is 9.96. The third kappa shape index (κ3) is 4.97. The average molecular weight is 484 g/mol. The van der Waals surface area contributed by atoms with E-state index in [9.17, 15) is 9.90 Å². The number of nitrogens with one attached hydrogen (secondary N) is 1. The molecule has 2 fully saturated rings. The number of nitrogens with zero attached hydrogens (tertiary/aromatic N) is 2. The van der Waals surface area contributed by atoms with E-state index in [4.69, 9.17) is 0 Å². The SMILES string of the molecule is CCC1CC2CC(C1)CC(C)(c1ccc(Nc3ccc(N(C)c4ncccc4C(=O)O)cc3)cc1)C2. The van der Waals surface area contributed by atoms with Gasteiger partial charge in [-0.2, -0.15) is 0 Å². The molecule has 188 valence electrons. The van der Waals surface area contributed by atoms with E-state index in [1.807, 2.05) is 31.3 Å². The van der Waals surface area contributed by atoms with Gasteiger partial charge < -0.3 is 15.3 Å². The zero-order valence-corrected chi connectivity index (χ0v) is 21.6. The van der Waals surface area contributed by atoms with Crippen LogP contribution in [0.1, 0.15) is 68.3 Å². The van der Waals surface area contributed by atoms with Crippen molar-refractivity contribution in [2.24, 2.45) is 17.8 Å². The third-order valence-electron chi connectivity index (χ3n) is 8.52. The van der Waals surface area contributed by atoms with Gasteiger partial charge in [0.05, 0.1) is 0 Å². The lowest BCUT2D eigenvalue weighted by Crippen LogP contribution is -2.39. The van der Waals surface area contributed by atoms with Gasteiger partial charge in [0, 0.05) is 30.3 Å². The first-order valence-electron chi connectivity index (χ1n) is 13.2. The van der Waals surface area contributed by atoms with E-state index in [1.54, 1.807) is 23.2 Å². The molecule has 2 atom stereocenters. The van der Waals surface area contributed by atoms with Crippen LogP contribution >= 0.6 is 0 Å². The fourth-order valence-corrected chi connectivity index (χ4v) is 6.81. The van der Waals surface area contributed by atoms with Crippen molar-refractivity contribution < 1.29 is 9.90 Å². The first-order chi connectivity index (χ1) is 17.3. The predicted molar refractivity (Wildman–Crippen MR) is 147 cm³/mol. The molecule has 0 amide bonds. The second-order valence-electron chi connectivity index (χ2n) is 11.2. The summed E-state index contributed by atoms with van der Waals surface area (Å²) in [5.74, 6) is 2.16. The number of rotatable bonds is 7. The molecule has 2 N–H and O–H groups in total. The Kier molecular flexibility index (Phi) is 6.74. The number of benzene rings is 2. The van der Waals surface area contributed by atoms with Gasteiger partial charge in [0.1, 0.15) is 11.4 Å². The van der Waals surface area contributed by atoms with Gasteiger partial charge in [0.25, 0.3) is 0 Å². The molecular weight excluding hydrogens is 446 g/mol. The van der Waals surface area contributed by atoms with E-state index in [1.165, 1.54) is 44.1 Å². The Labute approximate surface area is 214 Å². The molecule has 2 bridgehead atoms. The van der Waals surface area contributed by atoms with Crippen molar-refractivity contribution in [3.05, 3.63) is 78.0 Å². The lowest BCUT2D eigenvalue weighted by atomic mass is 9.57. The molecule has 2 aromatic carbocycles. The molecule has 5 nitrogen and oxygen atoms in total. The van der Waals surface area contributed by atoms with E-state index < -0.39 is 5.97 Å². The molecule has 0 radical (unpaired) electrons. The molecule has 0 saturated heterocycles. The van der Waals surface area contributed by atoms with Crippen LogP contribution in [0.4, 0.5) is 22.9 Å². The molecule has 3 aromatic rings. The largest absolute Gasteiger partial charge is 0.478 e. The van der Waals surface area contributed by atoms with Crippen LogP contribution in [0, 0.1) is 17.8 Å². The zero-order chi connectivity index (χ0) is 25.3. The lowest BCUT2D eigenvalue weighted by molar-refractivity contribution is 0.0697. The Hall–Kier alpha value is -3.34. The fraction of sp³-hybridized carbons (Fsp3) is 0.419. The van der Waals surface area contributed by atoms with Crippen molar-refractivity contribution in [1.29, 1.82) is 0 Å².